The van der Waals surface area contributed by atoms with Gasteiger partial charge in [0, 0.05) is 5.56 Å². The molecule has 0 aromatic heterocycles. The molecule has 0 fully saturated rings. The fourth-order valence-electron chi connectivity index (χ4n) is 0.996. The first-order chi connectivity index (χ1) is 6.54. The van der Waals surface area contributed by atoms with Gasteiger partial charge >= 0.3 is 0 Å². The predicted octanol–water partition coefficient (Wildman–Crippen LogP) is 3.59. The summed E-state index contributed by atoms with van der Waals surface area (Å²) >= 11 is 11.8. The Balaban J connectivity index is 3.11. The van der Waals surface area contributed by atoms with Crippen molar-refractivity contribution in [2.45, 2.75) is 20.0 Å². The highest BCUT2D eigenvalue weighted by molar-refractivity contribution is 6.37. The van der Waals surface area contributed by atoms with Crippen LogP contribution in [0.4, 0.5) is 0 Å². The second-order valence-corrected chi connectivity index (χ2v) is 3.91. The third-order valence-corrected chi connectivity index (χ3v) is 2.07. The van der Waals surface area contributed by atoms with E-state index in [0.717, 1.165) is 0 Å². The van der Waals surface area contributed by atoms with Crippen LogP contribution in [0.15, 0.2) is 12.1 Å². The Morgan fingerprint density at radius 2 is 1.79 bits per heavy atom. The maximum atomic E-state index is 10.5. The van der Waals surface area contributed by atoms with Crippen LogP contribution in [0.3, 0.4) is 0 Å². The van der Waals surface area contributed by atoms with Crippen molar-refractivity contribution in [2.75, 3.05) is 0 Å². The summed E-state index contributed by atoms with van der Waals surface area (Å²) in [5.41, 5.74) is 0.441. The van der Waals surface area contributed by atoms with E-state index in [0.29, 0.717) is 27.6 Å². The number of rotatable bonds is 3. The lowest BCUT2D eigenvalue weighted by molar-refractivity contribution is 0.112. The molecular weight excluding hydrogens is 223 g/mol. The fraction of sp³-hybridized carbons (Fsp3) is 0.300. The first-order valence-electron chi connectivity index (χ1n) is 4.15. The molecule has 0 unspecified atom stereocenters. The van der Waals surface area contributed by atoms with Gasteiger partial charge < -0.3 is 4.74 Å². The summed E-state index contributed by atoms with van der Waals surface area (Å²) in [5.74, 6) is 0.425. The van der Waals surface area contributed by atoms with Gasteiger partial charge in [0.25, 0.3) is 0 Å². The summed E-state index contributed by atoms with van der Waals surface area (Å²) in [6, 6.07) is 3.05. The molecule has 1 aromatic carbocycles. The highest BCUT2D eigenvalue weighted by Gasteiger charge is 2.10. The van der Waals surface area contributed by atoms with Crippen molar-refractivity contribution in [3.63, 3.8) is 0 Å². The van der Waals surface area contributed by atoms with Crippen LogP contribution in [0.5, 0.6) is 5.75 Å². The van der Waals surface area contributed by atoms with E-state index in [4.69, 9.17) is 27.9 Å². The van der Waals surface area contributed by atoms with Crippen LogP contribution in [0.2, 0.25) is 10.0 Å². The van der Waals surface area contributed by atoms with Crippen molar-refractivity contribution in [3.8, 4) is 5.75 Å². The van der Waals surface area contributed by atoms with Gasteiger partial charge in [-0.1, -0.05) is 23.2 Å². The molecule has 0 saturated carbocycles. The minimum absolute atomic E-state index is 0.00733. The van der Waals surface area contributed by atoms with Gasteiger partial charge in [-0.25, -0.2) is 0 Å². The second-order valence-electron chi connectivity index (χ2n) is 3.10. The third kappa shape index (κ3) is 2.63. The first-order valence-corrected chi connectivity index (χ1v) is 4.91. The van der Waals surface area contributed by atoms with Gasteiger partial charge in [-0.05, 0) is 26.0 Å². The van der Waals surface area contributed by atoms with Gasteiger partial charge in [0.1, 0.15) is 6.29 Å². The van der Waals surface area contributed by atoms with Crippen LogP contribution in [-0.2, 0) is 0 Å². The van der Waals surface area contributed by atoms with Gasteiger partial charge in [0.05, 0.1) is 16.1 Å². The number of ether oxygens (including phenoxy) is 1. The van der Waals surface area contributed by atoms with Gasteiger partial charge in [0.2, 0.25) is 0 Å². The molecule has 0 amide bonds. The molecule has 1 aromatic rings. The average molecular weight is 233 g/mol. The predicted molar refractivity (Wildman–Crippen MR) is 57.6 cm³/mol. The number of benzene rings is 1. The molecule has 1 rings (SSSR count). The summed E-state index contributed by atoms with van der Waals surface area (Å²) in [5, 5.41) is 0.710. The molecule has 0 aliphatic heterocycles. The fourth-order valence-corrected chi connectivity index (χ4v) is 1.59. The maximum absolute atomic E-state index is 10.5. The molecule has 4 heteroatoms. The monoisotopic (exact) mass is 232 g/mol. The molecule has 0 radical (unpaired) electrons. The van der Waals surface area contributed by atoms with E-state index in [1.54, 1.807) is 0 Å². The normalized spacial score (nSPS) is 10.4. The maximum Gasteiger partial charge on any atom is 0.156 e. The molecule has 76 valence electrons. The largest absolute Gasteiger partial charge is 0.488 e. The molecule has 0 bridgehead atoms. The SMILES string of the molecule is CC(C)Oc1c(Cl)cc(C=O)cc1Cl. The summed E-state index contributed by atoms with van der Waals surface area (Å²) in [6.07, 6.45) is 0.684. The van der Waals surface area contributed by atoms with E-state index in [-0.39, 0.29) is 6.10 Å². The number of carbonyl (C=O) groups excluding carboxylic acids is 1. The van der Waals surface area contributed by atoms with Crippen LogP contribution in [-0.4, -0.2) is 12.4 Å². The molecule has 0 N–H and O–H groups in total. The molecule has 0 aliphatic rings. The highest BCUT2D eigenvalue weighted by Crippen LogP contribution is 2.34. The van der Waals surface area contributed by atoms with Gasteiger partial charge in [-0.2, -0.15) is 0 Å². The quantitative estimate of drug-likeness (QED) is 0.745. The Bertz CT molecular complexity index is 325. The molecule has 0 aliphatic carbocycles. The summed E-state index contributed by atoms with van der Waals surface area (Å²) in [6.45, 7) is 3.75. The van der Waals surface area contributed by atoms with Crippen LogP contribution in [0.1, 0.15) is 24.2 Å². The van der Waals surface area contributed by atoms with Gasteiger partial charge in [-0.15, -0.1) is 0 Å². The van der Waals surface area contributed by atoms with Crippen molar-refractivity contribution in [1.29, 1.82) is 0 Å². The smallest absolute Gasteiger partial charge is 0.156 e. The zero-order valence-corrected chi connectivity index (χ0v) is 9.39. The summed E-state index contributed by atoms with van der Waals surface area (Å²) < 4.78 is 5.40. The van der Waals surface area contributed by atoms with Crippen molar-refractivity contribution < 1.29 is 9.53 Å². The summed E-state index contributed by atoms with van der Waals surface area (Å²) in [7, 11) is 0. The second kappa shape index (κ2) is 4.67. The van der Waals surface area contributed by atoms with Gasteiger partial charge in [0.15, 0.2) is 5.75 Å². The van der Waals surface area contributed by atoms with Gasteiger partial charge in [-0.3, -0.25) is 4.79 Å². The number of halogens is 2. The van der Waals surface area contributed by atoms with E-state index in [1.165, 1.54) is 12.1 Å². The van der Waals surface area contributed by atoms with E-state index >= 15 is 0 Å². The van der Waals surface area contributed by atoms with Crippen LogP contribution >= 0.6 is 23.2 Å². The molecule has 0 spiro atoms. The number of carbonyl (C=O) groups is 1. The molecule has 2 nitrogen and oxygen atoms in total. The van der Waals surface area contributed by atoms with Crippen LogP contribution in [0.25, 0.3) is 0 Å². The summed E-state index contributed by atoms with van der Waals surface area (Å²) in [4.78, 5) is 10.5. The number of hydrogen-bond acceptors (Lipinski definition) is 2. The van der Waals surface area contributed by atoms with Crippen molar-refractivity contribution in [1.82, 2.24) is 0 Å². The lowest BCUT2D eigenvalue weighted by Gasteiger charge is -2.13. The molecule has 0 saturated heterocycles. The van der Waals surface area contributed by atoms with E-state index in [1.807, 2.05) is 13.8 Å². The van der Waals surface area contributed by atoms with Crippen molar-refractivity contribution in [2.24, 2.45) is 0 Å². The average Bonchev–Trinajstić information content (AvgIpc) is 2.10. The number of aldehydes is 1. The standard InChI is InChI=1S/C10H10Cl2O2/c1-6(2)14-10-8(11)3-7(5-13)4-9(10)12/h3-6H,1-2H3. The number of hydrogen-bond donors (Lipinski definition) is 0. The highest BCUT2D eigenvalue weighted by atomic mass is 35.5. The minimum Gasteiger partial charge on any atom is -0.488 e. The van der Waals surface area contributed by atoms with E-state index in [2.05, 4.69) is 0 Å². The third-order valence-electron chi connectivity index (χ3n) is 1.51. The van der Waals surface area contributed by atoms with Crippen molar-refractivity contribution >= 4 is 29.5 Å². The Hall–Kier alpha value is -0.730. The zero-order valence-electron chi connectivity index (χ0n) is 7.88. The van der Waals surface area contributed by atoms with E-state index in [9.17, 15) is 4.79 Å². The first kappa shape index (κ1) is 11.3. The molecule has 0 atom stereocenters. The Morgan fingerprint density at radius 3 is 2.14 bits per heavy atom. The Kier molecular flexibility index (Phi) is 3.78. The molecular formula is C10H10Cl2O2. The molecule has 0 heterocycles. The minimum atomic E-state index is -0.00733. The molecule has 14 heavy (non-hydrogen) atoms. The lowest BCUT2D eigenvalue weighted by atomic mass is 10.2. The van der Waals surface area contributed by atoms with Crippen molar-refractivity contribution in [3.05, 3.63) is 27.7 Å². The Morgan fingerprint density at radius 1 is 1.29 bits per heavy atom. The Labute approximate surface area is 92.8 Å². The van der Waals surface area contributed by atoms with E-state index < -0.39 is 0 Å². The zero-order chi connectivity index (χ0) is 10.7. The van der Waals surface area contributed by atoms with Crippen LogP contribution in [0, 0.1) is 0 Å². The topological polar surface area (TPSA) is 26.3 Å². The van der Waals surface area contributed by atoms with Crippen LogP contribution < -0.4 is 4.74 Å². The lowest BCUT2D eigenvalue weighted by Crippen LogP contribution is -2.06.